The Labute approximate surface area is 348 Å². The van der Waals surface area contributed by atoms with Gasteiger partial charge in [0.2, 0.25) is 11.8 Å². The number of likely N-dealkylation sites (tertiary alicyclic amines) is 1. The minimum atomic E-state index is -1.77. The third-order valence-electron chi connectivity index (χ3n) is 11.7. The zero-order chi connectivity index (χ0) is 42.9. The van der Waals surface area contributed by atoms with Crippen molar-refractivity contribution in [3.05, 3.63) is 72.4 Å². The van der Waals surface area contributed by atoms with Crippen molar-refractivity contribution in [2.75, 3.05) is 20.4 Å². The highest BCUT2D eigenvalue weighted by Crippen LogP contribution is 2.57. The van der Waals surface area contributed by atoms with E-state index in [-0.39, 0.29) is 41.8 Å². The van der Waals surface area contributed by atoms with Gasteiger partial charge in [-0.1, -0.05) is 103 Å². The fourth-order valence-corrected chi connectivity index (χ4v) is 9.76. The molecular weight excluding hydrogens is 765 g/mol. The van der Waals surface area contributed by atoms with Gasteiger partial charge in [-0.3, -0.25) is 9.59 Å². The number of H-pyrrole nitrogens is 2. The Hall–Kier alpha value is -5.44. The zero-order valence-electron chi connectivity index (χ0n) is 36.1. The van der Waals surface area contributed by atoms with Crippen molar-refractivity contribution in [1.82, 2.24) is 40.4 Å². The number of aromatic amines is 2. The van der Waals surface area contributed by atoms with Crippen LogP contribution in [0.3, 0.4) is 0 Å². The highest BCUT2D eigenvalue weighted by molar-refractivity contribution is 6.76. The Balaban J connectivity index is 1.14. The maximum absolute atomic E-state index is 14.0. The number of benzene rings is 2. The molecule has 0 bridgehead atoms. The molecular formula is C44H60N8O6Si. The predicted molar refractivity (Wildman–Crippen MR) is 229 cm³/mol. The molecule has 1 aliphatic heterocycles. The summed E-state index contributed by atoms with van der Waals surface area (Å²) in [5, 5.41) is 5.49. The molecule has 0 spiro atoms. The first kappa shape index (κ1) is 43.1. The second-order valence-corrected chi connectivity index (χ2v) is 23.4. The van der Waals surface area contributed by atoms with Gasteiger partial charge in [-0.05, 0) is 53.7 Å². The van der Waals surface area contributed by atoms with E-state index < -0.39 is 32.3 Å². The van der Waals surface area contributed by atoms with E-state index in [9.17, 15) is 19.2 Å². The lowest BCUT2D eigenvalue weighted by Gasteiger charge is -2.36. The first-order valence-corrected chi connectivity index (χ1v) is 24.3. The van der Waals surface area contributed by atoms with Gasteiger partial charge < -0.3 is 39.9 Å². The summed E-state index contributed by atoms with van der Waals surface area (Å²) in [5.41, 5.74) is 5.71. The number of alkyl carbamates (subject to hydrolysis) is 2. The van der Waals surface area contributed by atoms with Crippen LogP contribution in [-0.4, -0.2) is 100 Å². The van der Waals surface area contributed by atoms with Crippen molar-refractivity contribution in [3.8, 4) is 33.8 Å². The van der Waals surface area contributed by atoms with Gasteiger partial charge in [-0.15, -0.1) is 0 Å². The van der Waals surface area contributed by atoms with Crippen LogP contribution in [0.4, 0.5) is 9.59 Å². The molecule has 0 radical (unpaired) electrons. The molecule has 4 aromatic rings. The highest BCUT2D eigenvalue weighted by Gasteiger charge is 2.61. The van der Waals surface area contributed by atoms with E-state index in [4.69, 9.17) is 19.4 Å². The van der Waals surface area contributed by atoms with Crippen LogP contribution in [0, 0.1) is 23.7 Å². The molecule has 3 heterocycles. The van der Waals surface area contributed by atoms with Gasteiger partial charge in [0, 0.05) is 17.8 Å². The Morgan fingerprint density at radius 3 is 1.88 bits per heavy atom. The molecule has 6 rings (SSSR count). The van der Waals surface area contributed by atoms with E-state index in [2.05, 4.69) is 83.6 Å². The molecule has 2 aromatic heterocycles. The van der Waals surface area contributed by atoms with Gasteiger partial charge >= 0.3 is 12.2 Å². The van der Waals surface area contributed by atoms with Gasteiger partial charge in [-0.25, -0.2) is 19.6 Å². The van der Waals surface area contributed by atoms with Crippen molar-refractivity contribution < 1.29 is 28.7 Å². The standard InChI is InChI=1S/C44H60N8O6Si/c1-24(2)36(49-43(55)57-7)41(53)51(23-59(9,10)11)27(6)39-45-21-33(47-39)30-16-12-28(13-17-30)29-14-18-31(19-15-29)40-46-22-34(48-40)35-20-32-26(5)38(32)52(35)42(54)37(25(3)4)50-44(56)58-8/h12-19,21-22,24-27,32,35-38H,20,23H2,1-11H3,(H,45,47)(H,46,48)(H,49,55)(H,50,56). The van der Waals surface area contributed by atoms with Crippen LogP contribution in [0.5, 0.6) is 0 Å². The maximum atomic E-state index is 14.0. The molecule has 15 heteroatoms. The average molecular weight is 825 g/mol. The first-order chi connectivity index (χ1) is 27.9. The fourth-order valence-electron chi connectivity index (χ4n) is 8.30. The Morgan fingerprint density at radius 2 is 1.34 bits per heavy atom. The van der Waals surface area contributed by atoms with Crippen molar-refractivity contribution in [1.29, 1.82) is 0 Å². The van der Waals surface area contributed by atoms with Crippen LogP contribution in [0.2, 0.25) is 19.6 Å². The molecule has 59 heavy (non-hydrogen) atoms. The number of piperidine rings is 1. The molecule has 4 N–H and O–H groups in total. The third-order valence-corrected chi connectivity index (χ3v) is 13.0. The highest BCUT2D eigenvalue weighted by atomic mass is 28.3. The summed E-state index contributed by atoms with van der Waals surface area (Å²) in [6.07, 6.45) is 3.82. The number of amides is 4. The number of imidazole rings is 2. The molecule has 2 aliphatic rings. The number of aromatic nitrogens is 4. The number of carbonyl (C=O) groups excluding carboxylic acids is 4. The van der Waals surface area contributed by atoms with Crippen LogP contribution in [-0.2, 0) is 19.1 Å². The molecule has 1 saturated heterocycles. The average Bonchev–Trinajstić information content (AvgIpc) is 3.73. The molecule has 1 saturated carbocycles. The summed E-state index contributed by atoms with van der Waals surface area (Å²) >= 11 is 0. The summed E-state index contributed by atoms with van der Waals surface area (Å²) in [5.74, 6) is 1.74. The normalized spacial score (nSPS) is 20.1. The third kappa shape index (κ3) is 9.40. The molecule has 1 aliphatic carbocycles. The van der Waals surface area contributed by atoms with Gasteiger partial charge in [0.15, 0.2) is 0 Å². The number of methoxy groups -OCH3 is 2. The molecule has 7 unspecified atom stereocenters. The largest absolute Gasteiger partial charge is 0.453 e. The van der Waals surface area contributed by atoms with Gasteiger partial charge in [0.25, 0.3) is 0 Å². The number of nitrogens with one attached hydrogen (secondary N) is 4. The lowest BCUT2D eigenvalue weighted by atomic mass is 10.0. The van der Waals surface area contributed by atoms with Crippen LogP contribution < -0.4 is 10.6 Å². The quantitative estimate of drug-likeness (QED) is 0.0943. The van der Waals surface area contributed by atoms with Crippen molar-refractivity contribution in [3.63, 3.8) is 0 Å². The summed E-state index contributed by atoms with van der Waals surface area (Å²) in [4.78, 5) is 72.3. The monoisotopic (exact) mass is 824 g/mol. The minimum absolute atomic E-state index is 0.0940. The van der Waals surface area contributed by atoms with E-state index in [1.54, 1.807) is 6.20 Å². The van der Waals surface area contributed by atoms with E-state index >= 15 is 0 Å². The van der Waals surface area contributed by atoms with Crippen molar-refractivity contribution in [2.45, 2.75) is 97.8 Å². The Morgan fingerprint density at radius 1 is 0.797 bits per heavy atom. The van der Waals surface area contributed by atoms with Crippen molar-refractivity contribution in [2.24, 2.45) is 23.7 Å². The number of fused-ring (bicyclic) bond motifs is 1. The van der Waals surface area contributed by atoms with Crippen LogP contribution in [0.15, 0.2) is 60.9 Å². The van der Waals surface area contributed by atoms with Gasteiger partial charge in [0.05, 0.1) is 58.2 Å². The lowest BCUT2D eigenvalue weighted by Crippen LogP contribution is -2.55. The second kappa shape index (κ2) is 17.4. The van der Waals surface area contributed by atoms with Crippen LogP contribution >= 0.6 is 0 Å². The lowest BCUT2D eigenvalue weighted by molar-refractivity contribution is -0.137. The fraction of sp³-hybridized carbons (Fsp3) is 0.500. The number of carbonyl (C=O) groups is 4. The topological polar surface area (TPSA) is 175 Å². The minimum Gasteiger partial charge on any atom is -0.453 e. The Bertz CT molecular complexity index is 2120. The van der Waals surface area contributed by atoms with Gasteiger partial charge in [0.1, 0.15) is 23.7 Å². The van der Waals surface area contributed by atoms with E-state index in [0.29, 0.717) is 23.8 Å². The summed E-state index contributed by atoms with van der Waals surface area (Å²) in [6.45, 7) is 18.4. The van der Waals surface area contributed by atoms with E-state index in [0.717, 1.165) is 45.9 Å². The summed E-state index contributed by atoms with van der Waals surface area (Å²) < 4.78 is 9.63. The number of hydrogen-bond acceptors (Lipinski definition) is 8. The Kier molecular flexibility index (Phi) is 12.7. The molecule has 14 nitrogen and oxygen atoms in total. The maximum Gasteiger partial charge on any atom is 0.407 e. The number of ether oxygens (including phenoxy) is 2. The predicted octanol–water partition coefficient (Wildman–Crippen LogP) is 7.57. The number of hydrogen-bond donors (Lipinski definition) is 4. The van der Waals surface area contributed by atoms with Crippen LogP contribution in [0.1, 0.15) is 71.6 Å². The molecule has 7 atom stereocenters. The molecule has 2 fully saturated rings. The summed E-state index contributed by atoms with van der Waals surface area (Å²) in [6, 6.07) is 14.7. The number of rotatable bonds is 14. The zero-order valence-corrected chi connectivity index (χ0v) is 37.1. The van der Waals surface area contributed by atoms with Crippen molar-refractivity contribution >= 4 is 32.1 Å². The smallest absolute Gasteiger partial charge is 0.407 e. The molecule has 4 amide bonds. The molecule has 316 valence electrons. The molecule has 2 aromatic carbocycles. The van der Waals surface area contributed by atoms with E-state index in [1.165, 1.54) is 14.2 Å². The van der Waals surface area contributed by atoms with E-state index in [1.807, 2.05) is 62.7 Å². The van der Waals surface area contributed by atoms with Gasteiger partial charge in [-0.2, -0.15) is 0 Å². The SMILES string of the molecule is COC(=O)NC(C(=O)N(C[Si](C)(C)C)C(C)c1ncc(-c2ccc(-c3ccc(-c4ncc(C5CC6C(C)C6N5C(=O)C(NC(=O)OC)C(C)C)[nH]4)cc3)cc2)[nH]1)C(C)C. The number of nitrogens with zero attached hydrogens (tertiary/aromatic N) is 4. The van der Waals surface area contributed by atoms with Crippen LogP contribution in [0.25, 0.3) is 33.8 Å². The second-order valence-electron chi connectivity index (χ2n) is 18.0. The summed E-state index contributed by atoms with van der Waals surface area (Å²) in [7, 11) is 0.831. The first-order valence-electron chi connectivity index (χ1n) is 20.5.